The zero-order valence-corrected chi connectivity index (χ0v) is 25.6. The molecular formula is C29H31F3N4O7S2. The van der Waals surface area contributed by atoms with E-state index in [4.69, 9.17) is 5.11 Å². The molecule has 0 aliphatic carbocycles. The van der Waals surface area contributed by atoms with Crippen molar-refractivity contribution in [2.24, 2.45) is 0 Å². The summed E-state index contributed by atoms with van der Waals surface area (Å²) in [4.78, 5) is 24.3. The van der Waals surface area contributed by atoms with Crippen LogP contribution in [-0.2, 0) is 26.0 Å². The number of piperidine rings is 1. The minimum atomic E-state index is -5.15. The Morgan fingerprint density at radius 1 is 0.889 bits per heavy atom. The van der Waals surface area contributed by atoms with Crippen LogP contribution in [0, 0.1) is 0 Å². The molecule has 0 bridgehead atoms. The molecule has 3 aromatic carbocycles. The van der Waals surface area contributed by atoms with Crippen molar-refractivity contribution in [3.05, 3.63) is 84.4 Å². The number of nitrogens with one attached hydrogen (secondary N) is 1. The molecule has 3 amide bonds. The molecular weight excluding hydrogens is 637 g/mol. The van der Waals surface area contributed by atoms with Gasteiger partial charge in [0.15, 0.2) is 0 Å². The zero-order valence-electron chi connectivity index (χ0n) is 24.0. The van der Waals surface area contributed by atoms with Crippen LogP contribution in [0.4, 0.5) is 28.4 Å². The van der Waals surface area contributed by atoms with Crippen LogP contribution in [0.2, 0.25) is 0 Å². The highest BCUT2D eigenvalue weighted by atomic mass is 32.2. The van der Waals surface area contributed by atoms with Gasteiger partial charge in [-0.05, 0) is 55.3 Å². The first-order valence-electron chi connectivity index (χ1n) is 13.7. The van der Waals surface area contributed by atoms with Gasteiger partial charge in [-0.3, -0.25) is 4.31 Å². The number of hydrogen-bond donors (Lipinski definition) is 2. The average Bonchev–Trinajstić information content (AvgIpc) is 3.01. The van der Waals surface area contributed by atoms with Crippen molar-refractivity contribution in [3.63, 3.8) is 0 Å². The molecule has 0 aromatic heterocycles. The Hall–Kier alpha value is -4.31. The Morgan fingerprint density at radius 2 is 1.47 bits per heavy atom. The van der Waals surface area contributed by atoms with Crippen LogP contribution in [0.25, 0.3) is 0 Å². The largest absolute Gasteiger partial charge is 0.465 e. The van der Waals surface area contributed by atoms with Crippen LogP contribution in [-0.4, -0.2) is 83.1 Å². The second-order valence-corrected chi connectivity index (χ2v) is 14.1. The van der Waals surface area contributed by atoms with Crippen molar-refractivity contribution in [1.29, 1.82) is 0 Å². The summed E-state index contributed by atoms with van der Waals surface area (Å²) in [5.74, 6) is 0. The van der Waals surface area contributed by atoms with Crippen molar-refractivity contribution < 1.29 is 44.7 Å². The quantitative estimate of drug-likeness (QED) is 0.341. The fourth-order valence-corrected chi connectivity index (χ4v) is 7.88. The molecule has 1 aliphatic heterocycles. The number of anilines is 1. The van der Waals surface area contributed by atoms with E-state index in [-0.39, 0.29) is 36.3 Å². The van der Waals surface area contributed by atoms with Crippen LogP contribution in [0.3, 0.4) is 0 Å². The molecule has 0 unspecified atom stereocenters. The monoisotopic (exact) mass is 668 g/mol. The van der Waals surface area contributed by atoms with Crippen LogP contribution in [0.1, 0.15) is 18.4 Å². The smallest absolute Gasteiger partial charge is 0.417 e. The van der Waals surface area contributed by atoms with E-state index < -0.39 is 60.1 Å². The Balaban J connectivity index is 1.65. The lowest BCUT2D eigenvalue weighted by Crippen LogP contribution is -2.50. The Bertz CT molecular complexity index is 1730. The molecule has 0 radical (unpaired) electrons. The molecule has 242 valence electrons. The Morgan fingerprint density at radius 3 is 2.02 bits per heavy atom. The van der Waals surface area contributed by atoms with Gasteiger partial charge in [0.1, 0.15) is 4.90 Å². The van der Waals surface area contributed by atoms with E-state index in [1.54, 1.807) is 12.1 Å². The molecule has 0 saturated carbocycles. The molecule has 45 heavy (non-hydrogen) atoms. The van der Waals surface area contributed by atoms with Gasteiger partial charge < -0.3 is 20.2 Å². The summed E-state index contributed by atoms with van der Waals surface area (Å²) >= 11 is 0. The highest BCUT2D eigenvalue weighted by Crippen LogP contribution is 2.38. The number of amides is 3. The molecule has 1 saturated heterocycles. The number of carbonyl (C=O) groups is 2. The summed E-state index contributed by atoms with van der Waals surface area (Å²) in [5, 5.41) is 11.9. The topological polar surface area (TPSA) is 144 Å². The number of sulfone groups is 1. The Kier molecular flexibility index (Phi) is 9.97. The van der Waals surface area contributed by atoms with Crippen molar-refractivity contribution in [2.45, 2.75) is 39.7 Å². The van der Waals surface area contributed by atoms with Gasteiger partial charge in [-0.1, -0.05) is 36.4 Å². The van der Waals surface area contributed by atoms with E-state index in [0.717, 1.165) is 11.0 Å². The van der Waals surface area contributed by atoms with E-state index in [1.807, 2.05) is 0 Å². The second kappa shape index (κ2) is 13.4. The number of para-hydroxylation sites is 1. The van der Waals surface area contributed by atoms with E-state index in [2.05, 4.69) is 5.32 Å². The number of hydrogen-bond acceptors (Lipinski definition) is 6. The molecule has 0 atom stereocenters. The first-order valence-corrected chi connectivity index (χ1v) is 16.6. The fourth-order valence-electron chi connectivity index (χ4n) is 4.80. The number of likely N-dealkylation sites (N-methyl/N-ethyl adjacent to an activating group) is 1. The van der Waals surface area contributed by atoms with Gasteiger partial charge in [0.2, 0.25) is 9.84 Å². The number of likely N-dealkylation sites (tertiary alicyclic amines) is 1. The lowest BCUT2D eigenvalue weighted by atomic mass is 10.1. The van der Waals surface area contributed by atoms with Gasteiger partial charge in [-0.25, -0.2) is 26.4 Å². The highest BCUT2D eigenvalue weighted by molar-refractivity contribution is 7.93. The summed E-state index contributed by atoms with van der Waals surface area (Å²) in [6, 6.07) is 14.9. The number of rotatable bonds is 9. The van der Waals surface area contributed by atoms with Gasteiger partial charge in [-0.2, -0.15) is 13.2 Å². The van der Waals surface area contributed by atoms with Crippen LogP contribution in [0.15, 0.2) is 93.5 Å². The number of urea groups is 1. The average molecular weight is 669 g/mol. The maximum atomic E-state index is 14.2. The van der Waals surface area contributed by atoms with E-state index in [9.17, 15) is 39.6 Å². The van der Waals surface area contributed by atoms with Gasteiger partial charge in [-0.15, -0.1) is 0 Å². The third-order valence-electron chi connectivity index (χ3n) is 7.31. The maximum absolute atomic E-state index is 14.2. The molecule has 1 fully saturated rings. The summed E-state index contributed by atoms with van der Waals surface area (Å²) in [5.41, 5.74) is -1.55. The predicted octanol–water partition coefficient (Wildman–Crippen LogP) is 4.52. The normalized spacial score (nSPS) is 14.5. The third-order valence-corrected chi connectivity index (χ3v) is 10.9. The standard InChI is InChI=1S/C29H31F3N4O7S2/c1-34(27(37)33-21-14-16-35(17-15-21)28(38)39)18-19-36(22-8-4-2-5-9-22)45(42,43)26-20-24(12-13-25(26)29(30,31)32)44(40,41)23-10-6-3-7-11-23/h2-13,20-21H,14-19H2,1H3,(H,33,37)(H,38,39). The lowest BCUT2D eigenvalue weighted by molar-refractivity contribution is -0.139. The van der Waals surface area contributed by atoms with Gasteiger partial charge in [0.05, 0.1) is 27.6 Å². The van der Waals surface area contributed by atoms with E-state index in [0.29, 0.717) is 29.3 Å². The number of halogens is 3. The molecule has 4 rings (SSSR count). The first kappa shape index (κ1) is 33.6. The molecule has 16 heteroatoms. The van der Waals surface area contributed by atoms with Crippen molar-refractivity contribution in [2.75, 3.05) is 37.5 Å². The number of nitrogens with zero attached hydrogens (tertiary/aromatic N) is 3. The Labute approximate surface area is 258 Å². The molecule has 2 N–H and O–H groups in total. The molecule has 3 aromatic rings. The molecule has 1 heterocycles. The molecule has 0 spiro atoms. The van der Waals surface area contributed by atoms with E-state index in [1.165, 1.54) is 60.5 Å². The van der Waals surface area contributed by atoms with Crippen LogP contribution >= 0.6 is 0 Å². The lowest BCUT2D eigenvalue weighted by Gasteiger charge is -2.32. The first-order chi connectivity index (χ1) is 21.1. The van der Waals surface area contributed by atoms with Gasteiger partial charge in [0, 0.05) is 32.7 Å². The van der Waals surface area contributed by atoms with Crippen molar-refractivity contribution in [1.82, 2.24) is 15.1 Å². The number of alkyl halides is 3. The summed E-state index contributed by atoms with van der Waals surface area (Å²) < 4.78 is 97.8. The van der Waals surface area contributed by atoms with Gasteiger partial charge in [0.25, 0.3) is 10.0 Å². The number of carbonyl (C=O) groups excluding carboxylic acids is 1. The van der Waals surface area contributed by atoms with Crippen molar-refractivity contribution >= 4 is 37.7 Å². The maximum Gasteiger partial charge on any atom is 0.417 e. The van der Waals surface area contributed by atoms with E-state index >= 15 is 0 Å². The summed E-state index contributed by atoms with van der Waals surface area (Å²) in [6.07, 6.45) is -5.46. The summed E-state index contributed by atoms with van der Waals surface area (Å²) in [7, 11) is -8.07. The highest BCUT2D eigenvalue weighted by Gasteiger charge is 2.40. The third kappa shape index (κ3) is 7.68. The minimum absolute atomic E-state index is 0.00297. The fraction of sp³-hybridized carbons (Fsp3) is 0.310. The number of carboxylic acid groups (broad SMARTS) is 1. The second-order valence-electron chi connectivity index (χ2n) is 10.3. The molecule has 1 aliphatic rings. The number of benzene rings is 3. The summed E-state index contributed by atoms with van der Waals surface area (Å²) in [6.45, 7) is -0.271. The zero-order chi connectivity index (χ0) is 33.0. The minimum Gasteiger partial charge on any atom is -0.465 e. The van der Waals surface area contributed by atoms with Gasteiger partial charge >= 0.3 is 18.3 Å². The number of sulfonamides is 1. The SMILES string of the molecule is CN(CCN(c1ccccc1)S(=O)(=O)c1cc(S(=O)(=O)c2ccccc2)ccc1C(F)(F)F)C(=O)NC1CCN(C(=O)O)CC1. The van der Waals surface area contributed by atoms with Crippen LogP contribution < -0.4 is 9.62 Å². The van der Waals surface area contributed by atoms with Crippen LogP contribution in [0.5, 0.6) is 0 Å². The van der Waals surface area contributed by atoms with Crippen molar-refractivity contribution in [3.8, 4) is 0 Å². The molecule has 11 nitrogen and oxygen atoms in total. The predicted molar refractivity (Wildman–Crippen MR) is 158 cm³/mol.